The summed E-state index contributed by atoms with van der Waals surface area (Å²) in [5.74, 6) is -1.30. The average molecular weight is 456 g/mol. The lowest BCUT2D eigenvalue weighted by molar-refractivity contribution is -0.139. The summed E-state index contributed by atoms with van der Waals surface area (Å²) < 4.78 is 28.9. The van der Waals surface area contributed by atoms with Crippen molar-refractivity contribution in [3.8, 4) is 22.5 Å². The van der Waals surface area contributed by atoms with Gasteiger partial charge in [-0.2, -0.15) is 0 Å². The van der Waals surface area contributed by atoms with E-state index in [1.54, 1.807) is 35.0 Å². The fraction of sp³-hybridized carbons (Fsp3) is 0.280. The second kappa shape index (κ2) is 10.5. The van der Waals surface area contributed by atoms with E-state index in [1.807, 2.05) is 13.8 Å². The first kappa shape index (κ1) is 24.3. The van der Waals surface area contributed by atoms with Crippen molar-refractivity contribution in [1.29, 1.82) is 0 Å². The highest BCUT2D eigenvalue weighted by Crippen LogP contribution is 2.35. The number of benzene rings is 2. The SMILES string of the molecule is CC(C)c1nc(-c2ccc(F)cc2)c(-c2ccc(F)cc2)n1/C=C/[C@H](O)C[C@@H](O)CC(=O)O. The van der Waals surface area contributed by atoms with Gasteiger partial charge in [0.2, 0.25) is 0 Å². The molecule has 3 N–H and O–H groups in total. The number of aliphatic hydroxyl groups excluding tert-OH is 2. The third-order valence-electron chi connectivity index (χ3n) is 5.07. The van der Waals surface area contributed by atoms with Gasteiger partial charge in [0.15, 0.2) is 0 Å². The number of aliphatic hydroxyl groups is 2. The molecule has 0 bridgehead atoms. The number of halogens is 2. The van der Waals surface area contributed by atoms with Crippen molar-refractivity contribution < 1.29 is 28.9 Å². The summed E-state index contributed by atoms with van der Waals surface area (Å²) in [6, 6.07) is 11.8. The van der Waals surface area contributed by atoms with Gasteiger partial charge in [-0.1, -0.05) is 13.8 Å². The Morgan fingerprint density at radius 2 is 1.55 bits per heavy atom. The monoisotopic (exact) mass is 456 g/mol. The van der Waals surface area contributed by atoms with Crippen LogP contribution in [-0.2, 0) is 4.79 Å². The maximum atomic E-state index is 13.6. The van der Waals surface area contributed by atoms with Crippen LogP contribution in [0, 0.1) is 11.6 Å². The van der Waals surface area contributed by atoms with E-state index in [4.69, 9.17) is 10.1 Å². The second-order valence-corrected chi connectivity index (χ2v) is 8.10. The van der Waals surface area contributed by atoms with Crippen LogP contribution in [-0.4, -0.2) is 43.0 Å². The summed E-state index contributed by atoms with van der Waals surface area (Å²) in [6.07, 6.45) is 0.137. The molecule has 2 aromatic carbocycles. The molecule has 0 aliphatic carbocycles. The number of nitrogens with zero attached hydrogens (tertiary/aromatic N) is 2. The quantitative estimate of drug-likeness (QED) is 0.435. The summed E-state index contributed by atoms with van der Waals surface area (Å²) in [5.41, 5.74) is 2.53. The number of carboxylic acids is 1. The number of carbonyl (C=O) groups is 1. The number of imidazole rings is 1. The van der Waals surface area contributed by atoms with E-state index >= 15 is 0 Å². The molecule has 0 spiro atoms. The third kappa shape index (κ3) is 6.12. The largest absolute Gasteiger partial charge is 0.481 e. The Balaban J connectivity index is 2.10. The molecule has 0 unspecified atom stereocenters. The van der Waals surface area contributed by atoms with Gasteiger partial charge in [0.05, 0.1) is 30.0 Å². The molecule has 1 aromatic heterocycles. The lowest BCUT2D eigenvalue weighted by Gasteiger charge is -2.13. The maximum Gasteiger partial charge on any atom is 0.305 e. The van der Waals surface area contributed by atoms with Crippen LogP contribution < -0.4 is 0 Å². The number of aromatic nitrogens is 2. The van der Waals surface area contributed by atoms with Gasteiger partial charge in [0.25, 0.3) is 0 Å². The first-order valence-electron chi connectivity index (χ1n) is 10.6. The predicted octanol–water partition coefficient (Wildman–Crippen LogP) is 4.68. The molecule has 174 valence electrons. The molecular weight excluding hydrogens is 430 g/mol. The van der Waals surface area contributed by atoms with Gasteiger partial charge in [0, 0.05) is 29.7 Å². The Kier molecular flexibility index (Phi) is 7.73. The molecule has 0 saturated heterocycles. The van der Waals surface area contributed by atoms with Crippen molar-refractivity contribution in [3.05, 3.63) is 72.1 Å². The molecule has 3 aromatic rings. The van der Waals surface area contributed by atoms with Crippen LogP contribution in [0.15, 0.2) is 54.6 Å². The maximum absolute atomic E-state index is 13.6. The number of hydrogen-bond donors (Lipinski definition) is 3. The van der Waals surface area contributed by atoms with Crippen molar-refractivity contribution in [1.82, 2.24) is 9.55 Å². The first-order chi connectivity index (χ1) is 15.7. The third-order valence-corrected chi connectivity index (χ3v) is 5.07. The normalized spacial score (nSPS) is 13.5. The summed E-state index contributed by atoms with van der Waals surface area (Å²) in [5, 5.41) is 28.9. The van der Waals surface area contributed by atoms with Crippen molar-refractivity contribution in [2.45, 2.75) is 44.8 Å². The van der Waals surface area contributed by atoms with Gasteiger partial charge >= 0.3 is 5.97 Å². The molecule has 3 rings (SSSR count). The van der Waals surface area contributed by atoms with Gasteiger partial charge in [-0.3, -0.25) is 4.79 Å². The Morgan fingerprint density at radius 3 is 2.06 bits per heavy atom. The van der Waals surface area contributed by atoms with Crippen LogP contribution in [0.5, 0.6) is 0 Å². The van der Waals surface area contributed by atoms with E-state index in [1.165, 1.54) is 30.3 Å². The Bertz CT molecular complexity index is 1120. The van der Waals surface area contributed by atoms with Crippen LogP contribution in [0.25, 0.3) is 28.7 Å². The highest BCUT2D eigenvalue weighted by atomic mass is 19.1. The zero-order chi connectivity index (χ0) is 24.1. The molecule has 0 aliphatic heterocycles. The number of hydrogen-bond acceptors (Lipinski definition) is 4. The molecule has 0 fully saturated rings. The Morgan fingerprint density at radius 1 is 1.00 bits per heavy atom. The summed E-state index contributed by atoms with van der Waals surface area (Å²) >= 11 is 0. The lowest BCUT2D eigenvalue weighted by Crippen LogP contribution is -2.19. The molecular formula is C25H26F2N2O4. The Hall–Kier alpha value is -3.36. The van der Waals surface area contributed by atoms with Crippen molar-refractivity contribution in [2.75, 3.05) is 0 Å². The number of rotatable bonds is 9. The number of carboxylic acid groups (broad SMARTS) is 1. The zero-order valence-electron chi connectivity index (χ0n) is 18.3. The van der Waals surface area contributed by atoms with Crippen LogP contribution in [0.3, 0.4) is 0 Å². The van der Waals surface area contributed by atoms with E-state index < -0.39 is 30.4 Å². The molecule has 0 amide bonds. The van der Waals surface area contributed by atoms with E-state index in [9.17, 15) is 23.8 Å². The second-order valence-electron chi connectivity index (χ2n) is 8.10. The zero-order valence-corrected chi connectivity index (χ0v) is 18.3. The summed E-state index contributed by atoms with van der Waals surface area (Å²) in [7, 11) is 0. The van der Waals surface area contributed by atoms with Crippen molar-refractivity contribution in [3.63, 3.8) is 0 Å². The first-order valence-corrected chi connectivity index (χ1v) is 10.6. The van der Waals surface area contributed by atoms with E-state index in [-0.39, 0.29) is 18.2 Å². The minimum atomic E-state index is -1.19. The van der Waals surface area contributed by atoms with Crippen LogP contribution in [0.1, 0.15) is 38.4 Å². The van der Waals surface area contributed by atoms with Gasteiger partial charge in [-0.25, -0.2) is 13.8 Å². The molecule has 33 heavy (non-hydrogen) atoms. The summed E-state index contributed by atoms with van der Waals surface area (Å²) in [6.45, 7) is 3.89. The lowest BCUT2D eigenvalue weighted by atomic mass is 10.0. The molecule has 6 nitrogen and oxygen atoms in total. The average Bonchev–Trinajstić information content (AvgIpc) is 3.12. The van der Waals surface area contributed by atoms with Crippen LogP contribution >= 0.6 is 0 Å². The molecule has 0 radical (unpaired) electrons. The highest BCUT2D eigenvalue weighted by Gasteiger charge is 2.21. The fourth-order valence-corrected chi connectivity index (χ4v) is 3.53. The minimum Gasteiger partial charge on any atom is -0.481 e. The van der Waals surface area contributed by atoms with Crippen molar-refractivity contribution in [2.24, 2.45) is 0 Å². The van der Waals surface area contributed by atoms with Gasteiger partial charge in [0.1, 0.15) is 17.5 Å². The van der Waals surface area contributed by atoms with Crippen LogP contribution in [0.4, 0.5) is 8.78 Å². The smallest absolute Gasteiger partial charge is 0.305 e. The topological polar surface area (TPSA) is 95.6 Å². The molecule has 0 aliphatic rings. The van der Waals surface area contributed by atoms with Crippen LogP contribution in [0.2, 0.25) is 0 Å². The van der Waals surface area contributed by atoms with E-state index in [0.29, 0.717) is 28.3 Å². The van der Waals surface area contributed by atoms with E-state index in [2.05, 4.69) is 0 Å². The highest BCUT2D eigenvalue weighted by molar-refractivity contribution is 5.80. The molecule has 1 heterocycles. The minimum absolute atomic E-state index is 0.0298. The van der Waals surface area contributed by atoms with Gasteiger partial charge < -0.3 is 19.9 Å². The standard InChI is InChI=1S/C25H26F2N2O4/c1-15(2)25-28-23(16-3-7-18(26)8-4-16)24(17-5-9-19(27)10-6-17)29(25)12-11-20(30)13-21(31)14-22(32)33/h3-12,15,20-21,30-31H,13-14H2,1-2H3,(H,32,33)/b12-11+/t20-,21+/m0/s1. The van der Waals surface area contributed by atoms with E-state index in [0.717, 1.165) is 0 Å². The molecule has 8 heteroatoms. The summed E-state index contributed by atoms with van der Waals surface area (Å²) in [4.78, 5) is 15.5. The van der Waals surface area contributed by atoms with Gasteiger partial charge in [-0.05, 0) is 54.6 Å². The van der Waals surface area contributed by atoms with Crippen molar-refractivity contribution >= 4 is 12.2 Å². The number of aliphatic carboxylic acids is 1. The van der Waals surface area contributed by atoms with Gasteiger partial charge in [-0.15, -0.1) is 0 Å². The Labute approximate surface area is 190 Å². The molecule has 2 atom stereocenters. The predicted molar refractivity (Wildman–Crippen MR) is 121 cm³/mol. The fourth-order valence-electron chi connectivity index (χ4n) is 3.53. The molecule has 0 saturated carbocycles.